The minimum atomic E-state index is -0.238. The van der Waals surface area contributed by atoms with Crippen LogP contribution in [0.3, 0.4) is 0 Å². The van der Waals surface area contributed by atoms with Gasteiger partial charge in [0.2, 0.25) is 0 Å². The Morgan fingerprint density at radius 1 is 1.23 bits per heavy atom. The summed E-state index contributed by atoms with van der Waals surface area (Å²) in [6.45, 7) is 5.60. The van der Waals surface area contributed by atoms with E-state index < -0.39 is 0 Å². The summed E-state index contributed by atoms with van der Waals surface area (Å²) < 4.78 is 21.9. The Kier molecular flexibility index (Phi) is 5.02. The van der Waals surface area contributed by atoms with Gasteiger partial charge < -0.3 is 9.72 Å². The van der Waals surface area contributed by atoms with Crippen LogP contribution in [-0.2, 0) is 13.0 Å². The highest BCUT2D eigenvalue weighted by Crippen LogP contribution is 2.39. The second-order valence-corrected chi connectivity index (χ2v) is 8.49. The van der Waals surface area contributed by atoms with Crippen LogP contribution < -0.4 is 4.74 Å². The lowest BCUT2D eigenvalue weighted by Crippen LogP contribution is -2.35. The fourth-order valence-corrected chi connectivity index (χ4v) is 4.62. The molecule has 1 aliphatic heterocycles. The largest absolute Gasteiger partial charge is 0.497 e. The smallest absolute Gasteiger partial charge is 0.131 e. The first kappa shape index (κ1) is 19.8. The predicted molar refractivity (Wildman–Crippen MR) is 120 cm³/mol. The molecule has 1 aliphatic rings. The van der Waals surface area contributed by atoms with Crippen molar-refractivity contribution in [2.75, 3.05) is 13.7 Å². The molecule has 1 unspecified atom stereocenters. The molecule has 0 amide bonds. The average molecular weight is 419 g/mol. The molecule has 0 fully saturated rings. The van der Waals surface area contributed by atoms with E-state index in [9.17, 15) is 4.39 Å². The van der Waals surface area contributed by atoms with Gasteiger partial charge in [0.05, 0.1) is 19.3 Å². The second-order valence-electron chi connectivity index (χ2n) is 8.49. The maximum Gasteiger partial charge on any atom is 0.131 e. The lowest BCUT2D eigenvalue weighted by molar-refractivity contribution is 0.199. The molecule has 0 saturated carbocycles. The van der Waals surface area contributed by atoms with Gasteiger partial charge in [0.1, 0.15) is 11.6 Å². The zero-order chi connectivity index (χ0) is 21.5. The Morgan fingerprint density at radius 3 is 2.81 bits per heavy atom. The quantitative estimate of drug-likeness (QED) is 0.482. The van der Waals surface area contributed by atoms with Gasteiger partial charge in [0, 0.05) is 59.1 Å². The molecule has 4 aromatic rings. The number of hydrogen-bond acceptors (Lipinski definition) is 3. The third-order valence-electron chi connectivity index (χ3n) is 6.23. The van der Waals surface area contributed by atoms with Crippen molar-refractivity contribution in [3.05, 3.63) is 83.1 Å². The molecule has 2 aromatic carbocycles. The van der Waals surface area contributed by atoms with Gasteiger partial charge in [0.25, 0.3) is 0 Å². The summed E-state index contributed by atoms with van der Waals surface area (Å²) in [5.41, 5.74) is 5.47. The van der Waals surface area contributed by atoms with Crippen LogP contribution in [0.15, 0.2) is 54.9 Å². The lowest BCUT2D eigenvalue weighted by atomic mass is 9.93. The molecule has 1 N–H and O–H groups in total. The molecule has 0 saturated heterocycles. The molecule has 0 bridgehead atoms. The summed E-state index contributed by atoms with van der Waals surface area (Å²) >= 11 is 0. The number of aromatic amines is 1. The number of benzene rings is 2. The maximum atomic E-state index is 14.8. The van der Waals surface area contributed by atoms with Gasteiger partial charge in [-0.1, -0.05) is 24.3 Å². The summed E-state index contributed by atoms with van der Waals surface area (Å²) in [7, 11) is 1.55. The highest BCUT2D eigenvalue weighted by molar-refractivity contribution is 5.85. The van der Waals surface area contributed by atoms with Gasteiger partial charge in [-0.15, -0.1) is 0 Å². The molecule has 0 spiro atoms. The number of nitrogens with one attached hydrogen (secondary N) is 1. The van der Waals surface area contributed by atoms with E-state index in [0.717, 1.165) is 24.0 Å². The topological polar surface area (TPSA) is 46.1 Å². The van der Waals surface area contributed by atoms with Crippen molar-refractivity contribution >= 4 is 10.9 Å². The normalized spacial score (nSPS) is 16.7. The Balaban J connectivity index is 1.58. The van der Waals surface area contributed by atoms with Crippen LogP contribution in [0.25, 0.3) is 10.9 Å². The number of aromatic nitrogens is 3. The summed E-state index contributed by atoms with van der Waals surface area (Å²) in [4.78, 5) is 6.00. The minimum Gasteiger partial charge on any atom is -0.497 e. The van der Waals surface area contributed by atoms with Gasteiger partial charge in [-0.2, -0.15) is 5.10 Å². The second kappa shape index (κ2) is 7.85. The van der Waals surface area contributed by atoms with E-state index in [1.807, 2.05) is 23.0 Å². The summed E-state index contributed by atoms with van der Waals surface area (Å²) in [6.07, 6.45) is 4.99. The van der Waals surface area contributed by atoms with Crippen LogP contribution in [0.4, 0.5) is 4.39 Å². The van der Waals surface area contributed by atoms with E-state index in [1.165, 1.54) is 22.7 Å². The molecule has 5 rings (SSSR count). The van der Waals surface area contributed by atoms with Crippen LogP contribution in [0.5, 0.6) is 5.75 Å². The Hall–Kier alpha value is -3.12. The predicted octanol–water partition coefficient (Wildman–Crippen LogP) is 5.24. The van der Waals surface area contributed by atoms with Crippen LogP contribution >= 0.6 is 0 Å². The molecular formula is C25H27FN4O. The number of rotatable bonds is 5. The number of para-hydroxylation sites is 1. The first-order valence-corrected chi connectivity index (χ1v) is 10.7. The van der Waals surface area contributed by atoms with Gasteiger partial charge in [0.15, 0.2) is 0 Å². The van der Waals surface area contributed by atoms with Gasteiger partial charge >= 0.3 is 0 Å². The number of hydrogen-bond donors (Lipinski definition) is 1. The minimum absolute atomic E-state index is 0.00912. The molecule has 0 aliphatic carbocycles. The summed E-state index contributed by atoms with van der Waals surface area (Å²) in [5.74, 6) is 0.297. The van der Waals surface area contributed by atoms with Crippen molar-refractivity contribution in [3.63, 3.8) is 0 Å². The van der Waals surface area contributed by atoms with E-state index in [2.05, 4.69) is 59.3 Å². The van der Waals surface area contributed by atoms with Crippen molar-refractivity contribution in [2.45, 2.75) is 38.9 Å². The van der Waals surface area contributed by atoms with Gasteiger partial charge in [-0.3, -0.25) is 9.58 Å². The van der Waals surface area contributed by atoms with Crippen molar-refractivity contribution in [2.24, 2.45) is 0 Å². The zero-order valence-electron chi connectivity index (χ0n) is 18.1. The van der Waals surface area contributed by atoms with Crippen LogP contribution in [-0.4, -0.2) is 33.3 Å². The number of ether oxygens (including phenoxy) is 1. The first-order chi connectivity index (χ1) is 15.0. The highest BCUT2D eigenvalue weighted by Gasteiger charge is 2.33. The molecule has 5 nitrogen and oxygen atoms in total. The molecule has 31 heavy (non-hydrogen) atoms. The van der Waals surface area contributed by atoms with Gasteiger partial charge in [-0.05, 0) is 38.0 Å². The number of nitrogens with zero attached hydrogens (tertiary/aromatic N) is 3. The molecule has 6 heteroatoms. The lowest BCUT2D eigenvalue weighted by Gasteiger charge is -2.35. The van der Waals surface area contributed by atoms with E-state index >= 15 is 0 Å². The Morgan fingerprint density at radius 2 is 2.06 bits per heavy atom. The summed E-state index contributed by atoms with van der Waals surface area (Å²) in [5, 5.41) is 5.86. The van der Waals surface area contributed by atoms with E-state index in [1.54, 1.807) is 7.11 Å². The van der Waals surface area contributed by atoms with E-state index in [0.29, 0.717) is 17.9 Å². The average Bonchev–Trinajstić information content (AvgIpc) is 3.40. The molecule has 3 heterocycles. The van der Waals surface area contributed by atoms with Crippen LogP contribution in [0.2, 0.25) is 0 Å². The van der Waals surface area contributed by atoms with Crippen molar-refractivity contribution in [1.29, 1.82) is 0 Å². The standard InChI is InChI=1S/C25H27FN4O/c1-16(2)30-15-18(13-27-30)25-24-21(20-6-4-5-7-23(20)28-24)10-11-29(25)14-17-8-9-19(31-3)12-22(17)26/h4-9,12-13,15-16,25,28H,10-11,14H2,1-3H3. The number of methoxy groups -OCH3 is 1. The van der Waals surface area contributed by atoms with E-state index in [-0.39, 0.29) is 17.9 Å². The highest BCUT2D eigenvalue weighted by atomic mass is 19.1. The molecule has 160 valence electrons. The Labute approximate surface area is 181 Å². The number of H-pyrrole nitrogens is 1. The molecule has 2 aromatic heterocycles. The number of fused-ring (bicyclic) bond motifs is 3. The number of halogens is 1. The molecule has 1 atom stereocenters. The SMILES string of the molecule is COc1ccc(CN2CCc3c([nH]c4ccccc34)C2c2cnn(C(C)C)c2)c(F)c1. The van der Waals surface area contributed by atoms with E-state index in [4.69, 9.17) is 4.74 Å². The summed E-state index contributed by atoms with van der Waals surface area (Å²) in [6, 6.07) is 13.8. The maximum absolute atomic E-state index is 14.8. The van der Waals surface area contributed by atoms with Crippen molar-refractivity contribution in [1.82, 2.24) is 19.7 Å². The van der Waals surface area contributed by atoms with Gasteiger partial charge in [-0.25, -0.2) is 4.39 Å². The fraction of sp³-hybridized carbons (Fsp3) is 0.320. The fourth-order valence-electron chi connectivity index (χ4n) is 4.62. The molecule has 0 radical (unpaired) electrons. The third kappa shape index (κ3) is 3.51. The Bertz CT molecular complexity index is 1230. The van der Waals surface area contributed by atoms with Crippen molar-refractivity contribution in [3.8, 4) is 5.75 Å². The van der Waals surface area contributed by atoms with Crippen molar-refractivity contribution < 1.29 is 9.13 Å². The first-order valence-electron chi connectivity index (χ1n) is 10.7. The zero-order valence-corrected chi connectivity index (χ0v) is 18.1. The third-order valence-corrected chi connectivity index (χ3v) is 6.23. The molecular weight excluding hydrogens is 391 g/mol. The monoisotopic (exact) mass is 418 g/mol. The van der Waals surface area contributed by atoms with Crippen LogP contribution in [0.1, 0.15) is 48.3 Å². The van der Waals surface area contributed by atoms with Crippen LogP contribution in [0, 0.1) is 5.82 Å².